The minimum absolute atomic E-state index is 0.0458. The SMILES string of the molecule is O=c1ccc2c(n1-c1ccccc1)C(NCCP(c1ccccc1)c1ccccc1)CCC2. The first kappa shape index (κ1) is 21.8. The van der Waals surface area contributed by atoms with Gasteiger partial charge in [0.15, 0.2) is 0 Å². The van der Waals surface area contributed by atoms with Crippen LogP contribution in [0.15, 0.2) is 108 Å². The zero-order valence-corrected chi connectivity index (χ0v) is 19.6. The molecule has 4 aromatic rings. The van der Waals surface area contributed by atoms with E-state index in [1.54, 1.807) is 6.07 Å². The molecule has 0 saturated heterocycles. The highest BCUT2D eigenvalue weighted by Gasteiger charge is 2.25. The maximum Gasteiger partial charge on any atom is 0.255 e. The van der Waals surface area contributed by atoms with E-state index in [2.05, 4.69) is 66.0 Å². The Labute approximate surface area is 196 Å². The third-order valence-corrected chi connectivity index (χ3v) is 8.88. The quantitative estimate of drug-likeness (QED) is 0.403. The molecule has 0 saturated carbocycles. The van der Waals surface area contributed by atoms with Crippen LogP contribution in [-0.2, 0) is 6.42 Å². The molecule has 1 aliphatic rings. The number of pyridine rings is 1. The molecule has 0 amide bonds. The van der Waals surface area contributed by atoms with E-state index in [0.717, 1.165) is 43.4 Å². The smallest absolute Gasteiger partial charge is 0.255 e. The van der Waals surface area contributed by atoms with Crippen LogP contribution >= 0.6 is 7.92 Å². The lowest BCUT2D eigenvalue weighted by Crippen LogP contribution is -2.34. The predicted octanol–water partition coefficient (Wildman–Crippen LogP) is 4.94. The maximum atomic E-state index is 12.9. The Morgan fingerprint density at radius 1 is 0.788 bits per heavy atom. The van der Waals surface area contributed by atoms with Crippen molar-refractivity contribution in [3.8, 4) is 5.69 Å². The first-order valence-electron chi connectivity index (χ1n) is 11.7. The van der Waals surface area contributed by atoms with E-state index >= 15 is 0 Å². The first-order chi connectivity index (χ1) is 16.3. The highest BCUT2D eigenvalue weighted by Crippen LogP contribution is 2.34. The summed E-state index contributed by atoms with van der Waals surface area (Å²) in [6.07, 6.45) is 4.29. The van der Waals surface area contributed by atoms with Crippen molar-refractivity contribution in [2.75, 3.05) is 12.7 Å². The number of rotatable bonds is 7. The van der Waals surface area contributed by atoms with Crippen LogP contribution in [0, 0.1) is 0 Å². The molecule has 1 heterocycles. The van der Waals surface area contributed by atoms with Crippen molar-refractivity contribution in [2.45, 2.75) is 25.3 Å². The van der Waals surface area contributed by atoms with Crippen LogP contribution in [0.25, 0.3) is 5.69 Å². The fraction of sp³-hybridized carbons (Fsp3) is 0.207. The van der Waals surface area contributed by atoms with E-state index in [9.17, 15) is 4.79 Å². The molecule has 0 spiro atoms. The van der Waals surface area contributed by atoms with Gasteiger partial charge >= 0.3 is 0 Å². The van der Waals surface area contributed by atoms with Gasteiger partial charge in [0.2, 0.25) is 0 Å². The summed E-state index contributed by atoms with van der Waals surface area (Å²) in [5, 5.41) is 6.66. The summed E-state index contributed by atoms with van der Waals surface area (Å²) in [5.41, 5.74) is 3.42. The van der Waals surface area contributed by atoms with Gasteiger partial charge in [-0.3, -0.25) is 9.36 Å². The molecular formula is C29H29N2OP. The predicted molar refractivity (Wildman–Crippen MR) is 140 cm³/mol. The molecule has 0 fully saturated rings. The van der Waals surface area contributed by atoms with E-state index in [1.807, 2.05) is 41.0 Å². The summed E-state index contributed by atoms with van der Waals surface area (Å²) >= 11 is 0. The zero-order chi connectivity index (χ0) is 22.5. The molecule has 0 bridgehead atoms. The van der Waals surface area contributed by atoms with Gasteiger partial charge in [-0.1, -0.05) is 84.9 Å². The first-order valence-corrected chi connectivity index (χ1v) is 13.3. The zero-order valence-electron chi connectivity index (χ0n) is 18.7. The van der Waals surface area contributed by atoms with Crippen molar-refractivity contribution in [1.29, 1.82) is 0 Å². The molecule has 1 unspecified atom stereocenters. The Morgan fingerprint density at radius 3 is 2.03 bits per heavy atom. The molecule has 166 valence electrons. The Balaban J connectivity index is 1.40. The Morgan fingerprint density at radius 2 is 1.39 bits per heavy atom. The van der Waals surface area contributed by atoms with Gasteiger partial charge in [-0.25, -0.2) is 0 Å². The summed E-state index contributed by atoms with van der Waals surface area (Å²) in [6.45, 7) is 0.914. The van der Waals surface area contributed by atoms with Crippen LogP contribution in [0.5, 0.6) is 0 Å². The number of nitrogens with one attached hydrogen (secondary N) is 1. The lowest BCUT2D eigenvalue weighted by molar-refractivity contribution is 0.450. The van der Waals surface area contributed by atoms with Gasteiger partial charge in [0.1, 0.15) is 0 Å². The molecule has 1 atom stereocenters. The number of aromatic nitrogens is 1. The third-order valence-electron chi connectivity index (χ3n) is 6.36. The molecule has 1 N–H and O–H groups in total. The van der Waals surface area contributed by atoms with Gasteiger partial charge in [0.25, 0.3) is 5.56 Å². The van der Waals surface area contributed by atoms with Gasteiger partial charge in [-0.15, -0.1) is 0 Å². The maximum absolute atomic E-state index is 12.9. The van der Waals surface area contributed by atoms with Crippen LogP contribution in [0.1, 0.15) is 30.1 Å². The molecule has 3 aromatic carbocycles. The highest BCUT2D eigenvalue weighted by molar-refractivity contribution is 7.73. The lowest BCUT2D eigenvalue weighted by Gasteiger charge is -2.30. The van der Waals surface area contributed by atoms with E-state index in [4.69, 9.17) is 0 Å². The molecule has 4 heteroatoms. The van der Waals surface area contributed by atoms with Gasteiger partial charge in [0, 0.05) is 30.0 Å². The lowest BCUT2D eigenvalue weighted by atomic mass is 9.91. The van der Waals surface area contributed by atoms with Crippen LogP contribution in [0.3, 0.4) is 0 Å². The largest absolute Gasteiger partial charge is 0.308 e. The number of aryl methyl sites for hydroxylation is 1. The monoisotopic (exact) mass is 452 g/mol. The second-order valence-electron chi connectivity index (χ2n) is 8.47. The van der Waals surface area contributed by atoms with Crippen molar-refractivity contribution in [1.82, 2.24) is 9.88 Å². The van der Waals surface area contributed by atoms with Crippen LogP contribution in [-0.4, -0.2) is 17.3 Å². The van der Waals surface area contributed by atoms with Gasteiger partial charge in [0.05, 0.1) is 0 Å². The van der Waals surface area contributed by atoms with Crippen molar-refractivity contribution in [3.63, 3.8) is 0 Å². The molecule has 5 rings (SSSR count). The van der Waals surface area contributed by atoms with Crippen molar-refractivity contribution < 1.29 is 0 Å². The van der Waals surface area contributed by atoms with Crippen molar-refractivity contribution in [2.24, 2.45) is 0 Å². The second kappa shape index (κ2) is 10.3. The van der Waals surface area contributed by atoms with Crippen LogP contribution in [0.4, 0.5) is 0 Å². The van der Waals surface area contributed by atoms with Crippen molar-refractivity contribution in [3.05, 3.63) is 125 Å². The second-order valence-corrected chi connectivity index (χ2v) is 10.8. The molecule has 1 aromatic heterocycles. The number of fused-ring (bicyclic) bond motifs is 1. The summed E-state index contributed by atoms with van der Waals surface area (Å²) in [5.74, 6) is 0. The van der Waals surface area contributed by atoms with Gasteiger partial charge in [-0.05, 0) is 61.7 Å². The van der Waals surface area contributed by atoms with Crippen LogP contribution < -0.4 is 21.5 Å². The fourth-order valence-electron chi connectivity index (χ4n) is 4.83. The third kappa shape index (κ3) is 4.85. The Hall–Kier alpha value is -3.00. The molecule has 0 radical (unpaired) electrons. The topological polar surface area (TPSA) is 34.0 Å². The standard InChI is InChI=1S/C29H29N2OP/c32-28-20-19-23-11-10-18-27(29(23)31(28)24-12-4-1-5-13-24)30-21-22-33(25-14-6-2-7-15-25)26-16-8-3-9-17-26/h1-9,12-17,19-20,27,30H,10-11,18,21-22H2. The van der Waals surface area contributed by atoms with E-state index < -0.39 is 7.92 Å². The highest BCUT2D eigenvalue weighted by atomic mass is 31.1. The Bertz CT molecular complexity index is 1200. The summed E-state index contributed by atoms with van der Waals surface area (Å²) in [4.78, 5) is 12.9. The Kier molecular flexibility index (Phi) is 6.81. The van der Waals surface area contributed by atoms with E-state index in [0.29, 0.717) is 0 Å². The summed E-state index contributed by atoms with van der Waals surface area (Å²) in [7, 11) is -0.434. The molecular weight excluding hydrogens is 423 g/mol. The van der Waals surface area contributed by atoms with Gasteiger partial charge in [-0.2, -0.15) is 0 Å². The molecule has 0 aliphatic heterocycles. The molecule has 33 heavy (non-hydrogen) atoms. The number of para-hydroxylation sites is 1. The number of nitrogens with zero attached hydrogens (tertiary/aromatic N) is 1. The van der Waals surface area contributed by atoms with Gasteiger partial charge < -0.3 is 5.32 Å². The number of benzene rings is 3. The fourth-order valence-corrected chi connectivity index (χ4v) is 7.07. The minimum atomic E-state index is -0.434. The summed E-state index contributed by atoms with van der Waals surface area (Å²) in [6, 6.07) is 35.7. The normalized spacial score (nSPS) is 15.4. The summed E-state index contributed by atoms with van der Waals surface area (Å²) < 4.78 is 1.92. The number of hydrogen-bond acceptors (Lipinski definition) is 2. The average molecular weight is 453 g/mol. The average Bonchev–Trinajstić information content (AvgIpc) is 2.88. The van der Waals surface area contributed by atoms with Crippen LogP contribution in [0.2, 0.25) is 0 Å². The van der Waals surface area contributed by atoms with E-state index in [1.165, 1.54) is 16.2 Å². The molecule has 1 aliphatic carbocycles. The molecule has 3 nitrogen and oxygen atoms in total. The minimum Gasteiger partial charge on any atom is -0.308 e. The van der Waals surface area contributed by atoms with E-state index in [-0.39, 0.29) is 11.6 Å². The number of hydrogen-bond donors (Lipinski definition) is 1. The van der Waals surface area contributed by atoms with Crippen molar-refractivity contribution >= 4 is 18.5 Å².